The third-order valence-electron chi connectivity index (χ3n) is 12.7. The Morgan fingerprint density at radius 3 is 1.53 bits per heavy atom. The van der Waals surface area contributed by atoms with Gasteiger partial charge in [0, 0.05) is 33.7 Å². The van der Waals surface area contributed by atoms with Crippen molar-refractivity contribution < 1.29 is 0 Å². The Balaban J connectivity index is 0.940. The Labute approximate surface area is 355 Å². The molecule has 0 radical (unpaired) electrons. The van der Waals surface area contributed by atoms with Crippen molar-refractivity contribution >= 4 is 78.6 Å². The third-order valence-corrected chi connectivity index (χ3v) is 16.6. The standard InChI is InChI=1S/C54H38N2S2Si/c1-55-46-15-7-9-17-50(46)57-52-25-22-36(32-48(52)55)20-19-35-21-24-40-41-28-30-59(29-27-37-23-26-53-49(33-37)56(2)47-16-8-10-18-51(47)58-53)34-45(41)54(44(40)31-35)42-13-5-3-11-38(42)39-12-4-6-14-43(39)54/h3-34H,1-2H3. The fraction of sp³-hybridized carbons (Fsp3) is 0.0556. The van der Waals surface area contributed by atoms with E-state index in [1.165, 1.54) is 104 Å². The molecule has 2 nitrogen and oxygen atoms in total. The maximum absolute atomic E-state index is 2.64. The molecule has 0 amide bonds. The smallest absolute Gasteiger partial charge is 0.0722 e. The molecule has 0 saturated heterocycles. The molecule has 0 saturated carbocycles. The molecule has 280 valence electrons. The number of hydrogen-bond donors (Lipinski definition) is 0. The first-order valence-corrected chi connectivity index (χ1v) is 23.6. The topological polar surface area (TPSA) is 6.48 Å². The van der Waals surface area contributed by atoms with Crippen LogP contribution in [-0.4, -0.2) is 22.5 Å². The van der Waals surface area contributed by atoms with Gasteiger partial charge in [-0.25, -0.2) is 0 Å². The number of para-hydroxylation sites is 2. The van der Waals surface area contributed by atoms with Crippen molar-refractivity contribution in [3.63, 3.8) is 0 Å². The molecule has 3 heterocycles. The summed E-state index contributed by atoms with van der Waals surface area (Å²) in [5.41, 5.74) is 26.8. The number of hydrogen-bond acceptors (Lipinski definition) is 4. The highest BCUT2D eigenvalue weighted by molar-refractivity contribution is 8.00. The molecule has 0 atom stereocenters. The number of fused-ring (bicyclic) bond motifs is 14. The van der Waals surface area contributed by atoms with Crippen molar-refractivity contribution in [2.24, 2.45) is 0 Å². The molecular formula is C54H38N2S2Si. The summed E-state index contributed by atoms with van der Waals surface area (Å²) in [6.45, 7) is 0. The zero-order valence-corrected chi connectivity index (χ0v) is 35.3. The summed E-state index contributed by atoms with van der Waals surface area (Å²) in [5.74, 6) is 0. The molecule has 7 aromatic carbocycles. The molecule has 4 aliphatic rings. The molecule has 5 heteroatoms. The van der Waals surface area contributed by atoms with Crippen LogP contribution in [0.3, 0.4) is 0 Å². The second kappa shape index (κ2) is 13.5. The normalized spacial score (nSPS) is 14.7. The van der Waals surface area contributed by atoms with Crippen LogP contribution in [0, 0.1) is 0 Å². The molecule has 1 spiro atoms. The molecule has 2 aliphatic carbocycles. The Bertz CT molecular complexity index is 2920. The van der Waals surface area contributed by atoms with Gasteiger partial charge in [0.1, 0.15) is 0 Å². The number of nitrogens with zero attached hydrogens (tertiary/aromatic N) is 2. The van der Waals surface area contributed by atoms with Crippen molar-refractivity contribution in [2.75, 3.05) is 23.9 Å². The van der Waals surface area contributed by atoms with Gasteiger partial charge in [-0.2, -0.15) is 0 Å². The fourth-order valence-corrected chi connectivity index (χ4v) is 13.9. The second-order valence-electron chi connectivity index (χ2n) is 15.8. The molecule has 0 unspecified atom stereocenters. The first-order valence-electron chi connectivity index (χ1n) is 20.2. The Morgan fingerprint density at radius 1 is 0.424 bits per heavy atom. The summed E-state index contributed by atoms with van der Waals surface area (Å²) >= 11 is 3.71. The van der Waals surface area contributed by atoms with Gasteiger partial charge in [0.25, 0.3) is 0 Å². The van der Waals surface area contributed by atoms with Gasteiger partial charge >= 0.3 is 0 Å². The number of rotatable bonds is 4. The van der Waals surface area contributed by atoms with Crippen LogP contribution in [-0.2, 0) is 5.41 Å². The SMILES string of the molecule is CN1c2ccccc2Sc2ccc(C=Cc3ccc4c(c3)C3(c5ccccc5-c5ccccc53)c3c[si](C=Cc5ccc6c(c5)N(C)c5ccccc5S6)ccc3-4)cc21. The van der Waals surface area contributed by atoms with Gasteiger partial charge in [0.05, 0.1) is 36.6 Å². The minimum absolute atomic E-state index is 0.380. The van der Waals surface area contributed by atoms with Crippen molar-refractivity contribution in [2.45, 2.75) is 25.0 Å². The zero-order valence-electron chi connectivity index (χ0n) is 32.7. The molecule has 59 heavy (non-hydrogen) atoms. The van der Waals surface area contributed by atoms with Crippen LogP contribution < -0.4 is 9.80 Å². The molecule has 1 aromatic heterocycles. The average Bonchev–Trinajstić information content (AvgIpc) is 3.74. The molecule has 8 aromatic rings. The first kappa shape index (κ1) is 34.9. The van der Waals surface area contributed by atoms with E-state index in [-0.39, 0.29) is 5.41 Å². The summed E-state index contributed by atoms with van der Waals surface area (Å²) in [6, 6.07) is 59.0. The average molecular weight is 807 g/mol. The fourth-order valence-electron chi connectivity index (χ4n) is 9.88. The maximum Gasteiger partial charge on any atom is 0.0722 e. The van der Waals surface area contributed by atoms with Gasteiger partial charge in [-0.15, -0.1) is 0 Å². The van der Waals surface area contributed by atoms with Gasteiger partial charge in [-0.05, 0) is 116 Å². The van der Waals surface area contributed by atoms with Gasteiger partial charge in [0.2, 0.25) is 0 Å². The quantitative estimate of drug-likeness (QED) is 0.129. The van der Waals surface area contributed by atoms with Gasteiger partial charge in [-0.1, -0.05) is 162 Å². The zero-order chi connectivity index (χ0) is 39.2. The maximum atomic E-state index is 2.64. The lowest BCUT2D eigenvalue weighted by atomic mass is 9.71. The molecular weight excluding hydrogens is 769 g/mol. The number of benzene rings is 7. The van der Waals surface area contributed by atoms with Crippen LogP contribution >= 0.6 is 23.5 Å². The monoisotopic (exact) mass is 806 g/mol. The van der Waals surface area contributed by atoms with Crippen molar-refractivity contribution in [3.05, 3.63) is 208 Å². The van der Waals surface area contributed by atoms with Crippen molar-refractivity contribution in [1.82, 2.24) is 0 Å². The largest absolute Gasteiger partial charge is 0.343 e. The number of anilines is 4. The molecule has 0 fully saturated rings. The van der Waals surface area contributed by atoms with E-state index in [4.69, 9.17) is 0 Å². The van der Waals surface area contributed by atoms with Crippen LogP contribution in [0.4, 0.5) is 22.7 Å². The summed E-state index contributed by atoms with van der Waals surface area (Å²) in [6.07, 6.45) is 6.93. The molecule has 0 bridgehead atoms. The van der Waals surface area contributed by atoms with Crippen molar-refractivity contribution in [3.8, 4) is 22.3 Å². The van der Waals surface area contributed by atoms with E-state index in [2.05, 4.69) is 217 Å². The van der Waals surface area contributed by atoms with E-state index < -0.39 is 8.40 Å². The molecule has 0 N–H and O–H groups in total. The van der Waals surface area contributed by atoms with Crippen LogP contribution in [0.2, 0.25) is 0 Å². The highest BCUT2D eigenvalue weighted by atomic mass is 32.2. The minimum Gasteiger partial charge on any atom is -0.343 e. The Kier molecular flexibility index (Phi) is 7.96. The highest BCUT2D eigenvalue weighted by Gasteiger charge is 2.51. The van der Waals surface area contributed by atoms with Crippen LogP contribution in [0.15, 0.2) is 189 Å². The summed E-state index contributed by atoms with van der Waals surface area (Å²) in [7, 11) is 3.23. The second-order valence-corrected chi connectivity index (χ2v) is 20.0. The summed E-state index contributed by atoms with van der Waals surface area (Å²) in [5, 5.41) is 0. The van der Waals surface area contributed by atoms with Crippen LogP contribution in [0.5, 0.6) is 0 Å². The summed E-state index contributed by atoms with van der Waals surface area (Å²) in [4.78, 5) is 9.85. The van der Waals surface area contributed by atoms with Crippen LogP contribution in [0.25, 0.3) is 46.2 Å². The van der Waals surface area contributed by atoms with Crippen LogP contribution in [0.1, 0.15) is 38.9 Å². The van der Waals surface area contributed by atoms with Crippen molar-refractivity contribution in [1.29, 1.82) is 0 Å². The van der Waals surface area contributed by atoms with E-state index in [1.54, 1.807) is 0 Å². The third kappa shape index (κ3) is 5.31. The molecule has 12 rings (SSSR count). The predicted octanol–water partition coefficient (Wildman–Crippen LogP) is 14.3. The summed E-state index contributed by atoms with van der Waals surface area (Å²) < 4.78 is 0. The predicted molar refractivity (Wildman–Crippen MR) is 253 cm³/mol. The van der Waals surface area contributed by atoms with Gasteiger partial charge in [0.15, 0.2) is 0 Å². The van der Waals surface area contributed by atoms with E-state index in [0.29, 0.717) is 0 Å². The van der Waals surface area contributed by atoms with Gasteiger partial charge in [-0.3, -0.25) is 0 Å². The van der Waals surface area contributed by atoms with E-state index in [9.17, 15) is 0 Å². The highest BCUT2D eigenvalue weighted by Crippen LogP contribution is 2.63. The lowest BCUT2D eigenvalue weighted by molar-refractivity contribution is 0.795. The van der Waals surface area contributed by atoms with E-state index in [1.807, 2.05) is 23.5 Å². The first-order chi connectivity index (χ1) is 29.0. The molecule has 2 aliphatic heterocycles. The van der Waals surface area contributed by atoms with E-state index in [0.717, 1.165) is 0 Å². The van der Waals surface area contributed by atoms with E-state index >= 15 is 0 Å². The lowest BCUT2D eigenvalue weighted by Crippen LogP contribution is -2.26. The Morgan fingerprint density at radius 2 is 0.898 bits per heavy atom. The van der Waals surface area contributed by atoms with Gasteiger partial charge < -0.3 is 9.80 Å². The minimum atomic E-state index is -1.13. The Hall–Kier alpha value is -6.11. The lowest BCUT2D eigenvalue weighted by Gasteiger charge is -2.31.